The van der Waals surface area contributed by atoms with Gasteiger partial charge in [0.2, 0.25) is 0 Å². The van der Waals surface area contributed by atoms with E-state index in [4.69, 9.17) is 5.11 Å². The van der Waals surface area contributed by atoms with Gasteiger partial charge in [0.05, 0.1) is 6.10 Å². The predicted octanol–water partition coefficient (Wildman–Crippen LogP) is 0.512. The van der Waals surface area contributed by atoms with E-state index in [0.29, 0.717) is 6.42 Å². The Kier molecular flexibility index (Phi) is 1.67. The quantitative estimate of drug-likeness (QED) is 0.520. The van der Waals surface area contributed by atoms with Crippen molar-refractivity contribution in [1.82, 2.24) is 0 Å². The van der Waals surface area contributed by atoms with Crippen LogP contribution in [0.5, 0.6) is 0 Å². The van der Waals surface area contributed by atoms with Crippen LogP contribution in [0.3, 0.4) is 0 Å². The summed E-state index contributed by atoms with van der Waals surface area (Å²) in [6.45, 7) is 1.55. The Morgan fingerprint density at radius 1 is 1.67 bits per heavy atom. The van der Waals surface area contributed by atoms with Gasteiger partial charge < -0.3 is 5.11 Å². The Morgan fingerprint density at radius 2 is 2.33 bits per heavy atom. The highest BCUT2D eigenvalue weighted by Gasteiger charge is 2.19. The minimum Gasteiger partial charge on any atom is -0.389 e. The van der Waals surface area contributed by atoms with Gasteiger partial charge in [0, 0.05) is 5.92 Å². The van der Waals surface area contributed by atoms with E-state index >= 15 is 0 Å². The molecule has 50 valence electrons. The molecule has 0 aromatic heterocycles. The minimum absolute atomic E-state index is 0.0278. The number of carbonyl (C=O) groups is 1. The average molecular weight is 126 g/mol. The fourth-order valence-electron chi connectivity index (χ4n) is 0.981. The summed E-state index contributed by atoms with van der Waals surface area (Å²) in [6.07, 6.45) is 3.63. The highest BCUT2D eigenvalue weighted by atomic mass is 16.3. The highest BCUT2D eigenvalue weighted by Crippen LogP contribution is 2.17. The van der Waals surface area contributed by atoms with Gasteiger partial charge in [-0.3, -0.25) is 4.79 Å². The zero-order valence-corrected chi connectivity index (χ0v) is 5.37. The van der Waals surface area contributed by atoms with Gasteiger partial charge in [-0.15, -0.1) is 0 Å². The van der Waals surface area contributed by atoms with Crippen LogP contribution < -0.4 is 0 Å². The molecule has 0 saturated carbocycles. The Bertz CT molecular complexity index is 149. The Labute approximate surface area is 54.2 Å². The maximum atomic E-state index is 10.6. The first-order valence-electron chi connectivity index (χ1n) is 3.07. The summed E-state index contributed by atoms with van der Waals surface area (Å²) in [7, 11) is 0. The molecule has 2 unspecified atom stereocenters. The minimum atomic E-state index is -0.390. The van der Waals surface area contributed by atoms with Crippen molar-refractivity contribution >= 4 is 5.78 Å². The van der Waals surface area contributed by atoms with Crippen molar-refractivity contribution in [3.8, 4) is 0 Å². The van der Waals surface area contributed by atoms with Crippen LogP contribution in [0.1, 0.15) is 13.3 Å². The zero-order valence-electron chi connectivity index (χ0n) is 5.37. The smallest absolute Gasteiger partial charge is 0.136 e. The van der Waals surface area contributed by atoms with Crippen LogP contribution in [0.2, 0.25) is 0 Å². The molecule has 9 heavy (non-hydrogen) atoms. The van der Waals surface area contributed by atoms with Crippen LogP contribution in [-0.2, 0) is 4.79 Å². The molecular weight excluding hydrogens is 116 g/mol. The number of hydrogen-bond acceptors (Lipinski definition) is 2. The number of Topliss-reactive ketones (excluding diaryl/α,β-unsaturated/α-hetero) is 1. The van der Waals surface area contributed by atoms with Gasteiger partial charge in [-0.05, 0) is 13.3 Å². The van der Waals surface area contributed by atoms with Crippen LogP contribution in [0.25, 0.3) is 0 Å². The van der Waals surface area contributed by atoms with Crippen LogP contribution in [0.15, 0.2) is 12.2 Å². The van der Waals surface area contributed by atoms with Crippen LogP contribution >= 0.6 is 0 Å². The Balaban J connectivity index is 2.50. The average Bonchev–Trinajstić information content (AvgIpc) is 2.14. The predicted molar refractivity (Wildman–Crippen MR) is 33.9 cm³/mol. The number of rotatable bonds is 1. The molecule has 0 amide bonds. The van der Waals surface area contributed by atoms with Gasteiger partial charge in [-0.1, -0.05) is 12.2 Å². The summed E-state index contributed by atoms with van der Waals surface area (Å²) < 4.78 is 0. The van der Waals surface area contributed by atoms with Crippen LogP contribution in [-0.4, -0.2) is 17.0 Å². The van der Waals surface area contributed by atoms with Gasteiger partial charge in [-0.2, -0.15) is 0 Å². The molecule has 0 heterocycles. The molecule has 0 aliphatic heterocycles. The number of hydrogen-bond donors (Lipinski definition) is 1. The van der Waals surface area contributed by atoms with Crippen molar-refractivity contribution in [3.05, 3.63) is 12.2 Å². The summed E-state index contributed by atoms with van der Waals surface area (Å²) in [5.41, 5.74) is 0. The lowest BCUT2D eigenvalue weighted by atomic mass is 10.1. The maximum absolute atomic E-state index is 10.6. The van der Waals surface area contributed by atoms with Crippen molar-refractivity contribution in [2.24, 2.45) is 5.92 Å². The zero-order chi connectivity index (χ0) is 6.85. The lowest BCUT2D eigenvalue weighted by Crippen LogP contribution is -2.08. The van der Waals surface area contributed by atoms with Gasteiger partial charge in [0.15, 0.2) is 0 Å². The van der Waals surface area contributed by atoms with E-state index < -0.39 is 0 Å². The number of carbonyl (C=O) groups excluding carboxylic acids is 1. The Hall–Kier alpha value is -0.630. The third kappa shape index (κ3) is 1.39. The maximum Gasteiger partial charge on any atom is 0.136 e. The fourth-order valence-corrected chi connectivity index (χ4v) is 0.981. The molecule has 0 radical (unpaired) electrons. The lowest BCUT2D eigenvalue weighted by molar-refractivity contribution is -0.119. The molecule has 0 fully saturated rings. The standard InChI is InChI=1S/C7H10O2/c1-5(8)6-2-3-7(9)4-6/h2-3,6-7,9H,4H2,1H3. The molecule has 0 bridgehead atoms. The molecule has 0 aromatic rings. The molecule has 1 N–H and O–H groups in total. The van der Waals surface area contributed by atoms with E-state index in [2.05, 4.69) is 0 Å². The third-order valence-corrected chi connectivity index (χ3v) is 1.58. The highest BCUT2D eigenvalue weighted by molar-refractivity contribution is 5.80. The molecule has 2 atom stereocenters. The third-order valence-electron chi connectivity index (χ3n) is 1.58. The number of aliphatic hydroxyl groups excluding tert-OH is 1. The molecule has 2 nitrogen and oxygen atoms in total. The van der Waals surface area contributed by atoms with E-state index in [1.165, 1.54) is 0 Å². The summed E-state index contributed by atoms with van der Waals surface area (Å²) in [5, 5.41) is 8.91. The van der Waals surface area contributed by atoms with Crippen molar-refractivity contribution in [3.63, 3.8) is 0 Å². The molecule has 0 aromatic carbocycles. The number of allylic oxidation sites excluding steroid dienone is 1. The largest absolute Gasteiger partial charge is 0.389 e. The van der Waals surface area contributed by atoms with Crippen molar-refractivity contribution < 1.29 is 9.90 Å². The number of ketones is 1. The van der Waals surface area contributed by atoms with E-state index in [0.717, 1.165) is 0 Å². The first kappa shape index (κ1) is 6.49. The van der Waals surface area contributed by atoms with E-state index in [1.807, 2.05) is 0 Å². The van der Waals surface area contributed by atoms with Gasteiger partial charge in [0.25, 0.3) is 0 Å². The topological polar surface area (TPSA) is 37.3 Å². The van der Waals surface area contributed by atoms with Crippen LogP contribution in [0, 0.1) is 5.92 Å². The summed E-state index contributed by atoms with van der Waals surface area (Å²) in [6, 6.07) is 0. The Morgan fingerprint density at radius 3 is 2.56 bits per heavy atom. The van der Waals surface area contributed by atoms with E-state index in [9.17, 15) is 4.79 Å². The molecular formula is C7H10O2. The second-order valence-corrected chi connectivity index (χ2v) is 2.41. The van der Waals surface area contributed by atoms with E-state index in [1.54, 1.807) is 19.1 Å². The summed E-state index contributed by atoms with van der Waals surface area (Å²) in [5.74, 6) is 0.114. The fraction of sp³-hybridized carbons (Fsp3) is 0.571. The first-order chi connectivity index (χ1) is 4.20. The normalized spacial score (nSPS) is 33.1. The second kappa shape index (κ2) is 2.31. The number of aliphatic hydroxyl groups is 1. The molecule has 0 spiro atoms. The molecule has 0 saturated heterocycles. The van der Waals surface area contributed by atoms with E-state index in [-0.39, 0.29) is 17.8 Å². The molecule has 1 aliphatic rings. The van der Waals surface area contributed by atoms with Crippen molar-refractivity contribution in [2.75, 3.05) is 0 Å². The van der Waals surface area contributed by atoms with Crippen molar-refractivity contribution in [1.29, 1.82) is 0 Å². The summed E-state index contributed by atoms with van der Waals surface area (Å²) >= 11 is 0. The SMILES string of the molecule is CC(=O)C1C=CC(O)C1. The summed E-state index contributed by atoms with van der Waals surface area (Å²) in [4.78, 5) is 10.6. The van der Waals surface area contributed by atoms with Gasteiger partial charge >= 0.3 is 0 Å². The molecule has 1 rings (SSSR count). The first-order valence-corrected chi connectivity index (χ1v) is 3.07. The van der Waals surface area contributed by atoms with Gasteiger partial charge in [0.1, 0.15) is 5.78 Å². The molecule has 2 heteroatoms. The van der Waals surface area contributed by atoms with Gasteiger partial charge in [-0.25, -0.2) is 0 Å². The second-order valence-electron chi connectivity index (χ2n) is 2.41. The van der Waals surface area contributed by atoms with Crippen LogP contribution in [0.4, 0.5) is 0 Å². The van der Waals surface area contributed by atoms with Crippen molar-refractivity contribution in [2.45, 2.75) is 19.4 Å². The lowest BCUT2D eigenvalue weighted by Gasteiger charge is -2.01. The monoisotopic (exact) mass is 126 g/mol. The molecule has 1 aliphatic carbocycles.